The second kappa shape index (κ2) is 7.54. The predicted octanol–water partition coefficient (Wildman–Crippen LogP) is 2.17. The predicted molar refractivity (Wildman–Crippen MR) is 94.5 cm³/mol. The monoisotopic (exact) mass is 371 g/mol. The molecule has 1 aliphatic rings. The average molecular weight is 371 g/mol. The van der Waals surface area contributed by atoms with Crippen LogP contribution in [0.5, 0.6) is 0 Å². The first kappa shape index (κ1) is 17.9. The maximum Gasteiger partial charge on any atom is 0.405 e. The van der Waals surface area contributed by atoms with Gasteiger partial charge in [0.15, 0.2) is 12.8 Å². The van der Waals surface area contributed by atoms with Gasteiger partial charge in [0, 0.05) is 17.0 Å². The van der Waals surface area contributed by atoms with Crippen molar-refractivity contribution in [2.45, 2.75) is 26.2 Å². The first-order valence-corrected chi connectivity index (χ1v) is 9.01. The Kier molecular flexibility index (Phi) is 5.19. The fraction of sp³-hybridized carbons (Fsp3) is 0.333. The summed E-state index contributed by atoms with van der Waals surface area (Å²) < 4.78 is 5.26. The van der Waals surface area contributed by atoms with Gasteiger partial charge in [-0.25, -0.2) is 4.79 Å². The van der Waals surface area contributed by atoms with Crippen LogP contribution in [0.3, 0.4) is 0 Å². The number of anilines is 1. The largest absolute Gasteiger partial charge is 0.618 e. The fourth-order valence-corrected chi connectivity index (χ4v) is 4.29. The molecule has 1 amide bonds. The quantitative estimate of drug-likeness (QED) is 0.504. The van der Waals surface area contributed by atoms with E-state index in [1.165, 1.54) is 35.7 Å². The van der Waals surface area contributed by atoms with Gasteiger partial charge in [0.05, 0.1) is 5.56 Å². The van der Waals surface area contributed by atoms with E-state index in [1.54, 1.807) is 0 Å². The third-order valence-corrected chi connectivity index (χ3v) is 5.41. The third-order valence-electron chi connectivity index (χ3n) is 4.24. The molecule has 134 valence electrons. The molecular weight excluding hydrogens is 354 g/mol. The molecule has 2 aromatic rings. The number of aromatic nitrogens is 1. The van der Waals surface area contributed by atoms with Gasteiger partial charge in [-0.3, -0.25) is 4.79 Å². The number of nitrogens with one attached hydrogen (secondary N) is 1. The first-order valence-electron chi connectivity index (χ1n) is 8.19. The Morgan fingerprint density at radius 2 is 2.31 bits per heavy atom. The van der Waals surface area contributed by atoms with E-state index >= 15 is 0 Å². The summed E-state index contributed by atoms with van der Waals surface area (Å²) in [7, 11) is 0. The molecule has 7 nitrogen and oxygen atoms in total. The molecule has 26 heavy (non-hydrogen) atoms. The molecule has 0 spiro atoms. The Morgan fingerprint density at radius 1 is 1.50 bits per heavy atom. The minimum atomic E-state index is -0.879. The van der Waals surface area contributed by atoms with Crippen LogP contribution in [0.2, 0.25) is 0 Å². The van der Waals surface area contributed by atoms with E-state index in [-0.39, 0.29) is 5.69 Å². The molecule has 0 aromatic carbocycles. The number of rotatable bonds is 4. The molecule has 0 unspecified atom stereocenters. The van der Waals surface area contributed by atoms with Crippen LogP contribution in [0.15, 0.2) is 24.4 Å². The Labute approximate surface area is 154 Å². The molecule has 1 atom stereocenters. The summed E-state index contributed by atoms with van der Waals surface area (Å²) in [6.07, 6.45) is 3.93. The number of carbonyl (C=O) groups is 2. The van der Waals surface area contributed by atoms with Gasteiger partial charge in [-0.05, 0) is 36.8 Å². The van der Waals surface area contributed by atoms with Gasteiger partial charge in [-0.15, -0.1) is 11.3 Å². The molecule has 8 heteroatoms. The van der Waals surface area contributed by atoms with Crippen LogP contribution in [0.25, 0.3) is 0 Å². The lowest BCUT2D eigenvalue weighted by atomic mass is 9.89. The van der Waals surface area contributed by atoms with E-state index in [0.717, 1.165) is 29.7 Å². The topological polar surface area (TPSA) is 106 Å². The summed E-state index contributed by atoms with van der Waals surface area (Å²) >= 11 is 1.40. The van der Waals surface area contributed by atoms with Crippen LogP contribution in [0.1, 0.15) is 39.8 Å². The lowest BCUT2D eigenvalue weighted by Gasteiger charge is -2.17. The highest BCUT2D eigenvalue weighted by atomic mass is 32.1. The highest BCUT2D eigenvalue weighted by Gasteiger charge is 2.25. The van der Waals surface area contributed by atoms with E-state index in [4.69, 9.17) is 4.74 Å². The van der Waals surface area contributed by atoms with Crippen LogP contribution in [-0.4, -0.2) is 18.5 Å². The highest BCUT2D eigenvalue weighted by molar-refractivity contribution is 7.16. The van der Waals surface area contributed by atoms with E-state index in [0.29, 0.717) is 21.2 Å². The Balaban J connectivity index is 1.65. The highest BCUT2D eigenvalue weighted by Crippen LogP contribution is 2.39. The maximum absolute atomic E-state index is 12.1. The number of hydrogen-bond donors (Lipinski definition) is 1. The van der Waals surface area contributed by atoms with Crippen LogP contribution in [0.4, 0.5) is 5.00 Å². The summed E-state index contributed by atoms with van der Waals surface area (Å²) in [6, 6.07) is 6.50. The van der Waals surface area contributed by atoms with Crippen molar-refractivity contribution in [3.8, 4) is 6.07 Å². The lowest BCUT2D eigenvalue weighted by molar-refractivity contribution is -0.608. The number of pyridine rings is 1. The molecule has 3 rings (SSSR count). The van der Waals surface area contributed by atoms with Gasteiger partial charge in [0.2, 0.25) is 0 Å². The number of carbonyl (C=O) groups excluding carboxylic acids is 2. The van der Waals surface area contributed by atoms with Crippen molar-refractivity contribution in [3.05, 3.63) is 51.3 Å². The molecule has 0 fully saturated rings. The Bertz CT molecular complexity index is 900. The van der Waals surface area contributed by atoms with Crippen molar-refractivity contribution in [2.75, 3.05) is 11.9 Å². The van der Waals surface area contributed by atoms with Crippen molar-refractivity contribution < 1.29 is 19.1 Å². The second-order valence-electron chi connectivity index (χ2n) is 6.20. The summed E-state index contributed by atoms with van der Waals surface area (Å²) in [4.78, 5) is 25.1. The molecule has 0 radical (unpaired) electrons. The van der Waals surface area contributed by atoms with Crippen molar-refractivity contribution in [1.82, 2.24) is 0 Å². The Hall–Kier alpha value is -2.92. The van der Waals surface area contributed by atoms with Crippen LogP contribution in [-0.2, 0) is 22.4 Å². The number of nitrogens with zero attached hydrogens (tertiary/aromatic N) is 2. The molecule has 1 N–H and O–H groups in total. The standard InChI is InChI=1S/C18H17N3O4S/c1-11-5-6-12-13(9-19)17(26-15(12)8-11)20-16(22)10-25-18(23)14-4-2-3-7-21(14)24/h2-4,7,11H,5-6,8,10H2,1H3,(H,20,22)/t11-/m0/s1. The molecule has 0 bridgehead atoms. The van der Waals surface area contributed by atoms with Crippen molar-refractivity contribution in [3.63, 3.8) is 0 Å². The molecule has 0 aliphatic heterocycles. The summed E-state index contributed by atoms with van der Waals surface area (Å²) in [5.74, 6) is -0.868. The minimum absolute atomic E-state index is 0.196. The second-order valence-corrected chi connectivity index (χ2v) is 7.31. The number of nitriles is 1. The van der Waals surface area contributed by atoms with E-state index < -0.39 is 18.5 Å². The fourth-order valence-electron chi connectivity index (χ4n) is 2.91. The van der Waals surface area contributed by atoms with Crippen molar-refractivity contribution in [2.24, 2.45) is 5.92 Å². The lowest BCUT2D eigenvalue weighted by Crippen LogP contribution is -2.35. The number of thiophene rings is 1. The summed E-state index contributed by atoms with van der Waals surface area (Å²) in [6.45, 7) is 1.63. The zero-order valence-electron chi connectivity index (χ0n) is 14.2. The number of hydrogen-bond acceptors (Lipinski definition) is 6. The van der Waals surface area contributed by atoms with E-state index in [2.05, 4.69) is 18.3 Å². The van der Waals surface area contributed by atoms with Gasteiger partial charge in [0.25, 0.3) is 5.91 Å². The molecule has 2 heterocycles. The summed E-state index contributed by atoms with van der Waals surface area (Å²) in [5, 5.41) is 24.1. The molecular formula is C18H17N3O4S. The Morgan fingerprint density at radius 3 is 3.04 bits per heavy atom. The zero-order valence-corrected chi connectivity index (χ0v) is 15.0. The SMILES string of the molecule is C[C@H]1CCc2c(sc(NC(=O)COC(=O)c3cccc[n+]3[O-])c2C#N)C1. The third kappa shape index (κ3) is 3.68. The van der Waals surface area contributed by atoms with Crippen LogP contribution in [0, 0.1) is 22.5 Å². The maximum atomic E-state index is 12.1. The van der Waals surface area contributed by atoms with Crippen LogP contribution < -0.4 is 10.0 Å². The van der Waals surface area contributed by atoms with Gasteiger partial charge in [0.1, 0.15) is 11.1 Å². The number of fused-ring (bicyclic) bond motifs is 1. The van der Waals surface area contributed by atoms with Crippen molar-refractivity contribution >= 4 is 28.2 Å². The number of ether oxygens (including phenoxy) is 1. The van der Waals surface area contributed by atoms with Crippen molar-refractivity contribution in [1.29, 1.82) is 5.26 Å². The number of amides is 1. The molecule has 2 aromatic heterocycles. The van der Waals surface area contributed by atoms with Gasteiger partial charge in [-0.2, -0.15) is 9.99 Å². The van der Waals surface area contributed by atoms with Crippen LogP contribution >= 0.6 is 11.3 Å². The number of esters is 1. The normalized spacial score (nSPS) is 15.6. The molecule has 0 saturated heterocycles. The van der Waals surface area contributed by atoms with E-state index in [9.17, 15) is 20.1 Å². The molecule has 0 saturated carbocycles. The zero-order chi connectivity index (χ0) is 18.7. The average Bonchev–Trinajstić information content (AvgIpc) is 2.95. The van der Waals surface area contributed by atoms with Gasteiger partial charge in [-0.1, -0.05) is 6.92 Å². The molecule has 1 aliphatic carbocycles. The van der Waals surface area contributed by atoms with E-state index in [1.807, 2.05) is 0 Å². The van der Waals surface area contributed by atoms with Gasteiger partial charge < -0.3 is 15.3 Å². The minimum Gasteiger partial charge on any atom is -0.618 e. The van der Waals surface area contributed by atoms with Gasteiger partial charge >= 0.3 is 11.7 Å². The summed E-state index contributed by atoms with van der Waals surface area (Å²) in [5.41, 5.74) is 1.32. The smallest absolute Gasteiger partial charge is 0.405 e. The first-order chi connectivity index (χ1) is 12.5.